The number of rotatable bonds is 2. The van der Waals surface area contributed by atoms with E-state index >= 15 is 0 Å². The first kappa shape index (κ1) is 9.39. The lowest BCUT2D eigenvalue weighted by Gasteiger charge is -1.80. The molecule has 0 aromatic heterocycles. The quantitative estimate of drug-likeness (QED) is 0.480. The summed E-state index contributed by atoms with van der Waals surface area (Å²) < 4.78 is 0. The normalized spacial score (nSPS) is 7.00. The Morgan fingerprint density at radius 3 is 2.00 bits per heavy atom. The summed E-state index contributed by atoms with van der Waals surface area (Å²) in [5.74, 6) is 0. The van der Waals surface area contributed by atoms with Crippen molar-refractivity contribution in [3.05, 3.63) is 0 Å². The predicted molar refractivity (Wildman–Crippen MR) is 29.7 cm³/mol. The van der Waals surface area contributed by atoms with Gasteiger partial charge in [-0.05, 0) is 13.0 Å². The van der Waals surface area contributed by atoms with Crippen molar-refractivity contribution in [2.24, 2.45) is 5.73 Å². The van der Waals surface area contributed by atoms with Gasteiger partial charge in [-0.25, -0.2) is 0 Å². The largest absolute Gasteiger partial charge is 0.330 e. The van der Waals surface area contributed by atoms with Crippen molar-refractivity contribution in [2.45, 2.75) is 19.8 Å². The zero-order valence-corrected chi connectivity index (χ0v) is 4.28. The molecule has 0 fully saturated rings. The van der Waals surface area contributed by atoms with Gasteiger partial charge in [0.15, 0.2) is 0 Å². The van der Waals surface area contributed by atoms with Crippen LogP contribution in [0.5, 0.6) is 0 Å². The van der Waals surface area contributed by atoms with Crippen LogP contribution in [0.25, 0.3) is 0 Å². The fourth-order valence-corrected chi connectivity index (χ4v) is 0.204. The SMILES string of the molecule is CCCCN.[B]. The Labute approximate surface area is 41.5 Å². The van der Waals surface area contributed by atoms with Crippen LogP contribution in [0, 0.1) is 0 Å². The minimum absolute atomic E-state index is 0. The van der Waals surface area contributed by atoms with Crippen LogP contribution in [0.15, 0.2) is 0 Å². The maximum Gasteiger partial charge on any atom is 0 e. The molecule has 0 aromatic rings. The van der Waals surface area contributed by atoms with Crippen LogP contribution in [0.4, 0.5) is 0 Å². The minimum atomic E-state index is 0. The first-order valence-electron chi connectivity index (χ1n) is 2.12. The molecule has 0 aliphatic carbocycles. The molecule has 6 heavy (non-hydrogen) atoms. The molecule has 0 unspecified atom stereocenters. The fourth-order valence-electron chi connectivity index (χ4n) is 0.204. The van der Waals surface area contributed by atoms with Gasteiger partial charge in [-0.3, -0.25) is 0 Å². The average Bonchev–Trinajstić information content (AvgIpc) is 1.41. The molecule has 0 atom stereocenters. The van der Waals surface area contributed by atoms with E-state index in [1.54, 1.807) is 0 Å². The van der Waals surface area contributed by atoms with Gasteiger partial charge in [-0.15, -0.1) is 0 Å². The summed E-state index contributed by atoms with van der Waals surface area (Å²) in [6.07, 6.45) is 2.39. The molecule has 2 heteroatoms. The smallest absolute Gasteiger partial charge is 0 e. The van der Waals surface area contributed by atoms with E-state index in [0.717, 1.165) is 6.54 Å². The Balaban J connectivity index is 0. The maximum absolute atomic E-state index is 5.14. The second kappa shape index (κ2) is 8.90. The van der Waals surface area contributed by atoms with E-state index in [2.05, 4.69) is 6.92 Å². The van der Waals surface area contributed by atoms with E-state index in [4.69, 9.17) is 5.73 Å². The Bertz CT molecular complexity index is 15.0. The fraction of sp³-hybridized carbons (Fsp3) is 1.00. The van der Waals surface area contributed by atoms with Gasteiger partial charge in [-0.1, -0.05) is 13.3 Å². The van der Waals surface area contributed by atoms with Crippen molar-refractivity contribution in [2.75, 3.05) is 6.54 Å². The predicted octanol–water partition coefficient (Wildman–Crippen LogP) is 0.364. The molecule has 0 rings (SSSR count). The van der Waals surface area contributed by atoms with Crippen molar-refractivity contribution >= 4 is 8.41 Å². The third-order valence-electron chi connectivity index (χ3n) is 0.558. The minimum Gasteiger partial charge on any atom is -0.330 e. The Morgan fingerprint density at radius 2 is 2.00 bits per heavy atom. The van der Waals surface area contributed by atoms with E-state index in [-0.39, 0.29) is 8.41 Å². The lowest BCUT2D eigenvalue weighted by Crippen LogP contribution is -1.95. The van der Waals surface area contributed by atoms with Gasteiger partial charge in [0.25, 0.3) is 0 Å². The van der Waals surface area contributed by atoms with Gasteiger partial charge >= 0.3 is 0 Å². The molecular weight excluding hydrogens is 72.9 g/mol. The second-order valence-electron chi connectivity index (χ2n) is 1.14. The molecule has 0 heterocycles. The molecular formula is C4H11BN. The number of nitrogens with two attached hydrogens (primary N) is 1. The number of hydrogen-bond acceptors (Lipinski definition) is 1. The molecule has 35 valence electrons. The van der Waals surface area contributed by atoms with Gasteiger partial charge in [0.1, 0.15) is 0 Å². The first-order chi connectivity index (χ1) is 2.41. The first-order valence-corrected chi connectivity index (χ1v) is 2.12. The van der Waals surface area contributed by atoms with Gasteiger partial charge in [0, 0.05) is 8.41 Å². The molecule has 0 bridgehead atoms. The molecule has 2 N–H and O–H groups in total. The Kier molecular flexibility index (Phi) is 13.9. The van der Waals surface area contributed by atoms with E-state index in [0.29, 0.717) is 0 Å². The van der Waals surface area contributed by atoms with Crippen LogP contribution in [0.1, 0.15) is 19.8 Å². The van der Waals surface area contributed by atoms with Gasteiger partial charge in [-0.2, -0.15) is 0 Å². The molecule has 0 amide bonds. The van der Waals surface area contributed by atoms with E-state index in [9.17, 15) is 0 Å². The van der Waals surface area contributed by atoms with Crippen LogP contribution in [0.2, 0.25) is 0 Å². The third kappa shape index (κ3) is 8.98. The molecule has 1 nitrogen and oxygen atoms in total. The van der Waals surface area contributed by atoms with E-state index in [1.807, 2.05) is 0 Å². The maximum atomic E-state index is 5.14. The standard InChI is InChI=1S/C4H11N.B/c1-2-3-4-5;/h2-5H2,1H3;. The summed E-state index contributed by atoms with van der Waals surface area (Å²) in [5, 5.41) is 0. The van der Waals surface area contributed by atoms with Crippen LogP contribution < -0.4 is 5.73 Å². The summed E-state index contributed by atoms with van der Waals surface area (Å²) in [7, 11) is 0. The van der Waals surface area contributed by atoms with Crippen molar-refractivity contribution in [1.29, 1.82) is 0 Å². The van der Waals surface area contributed by atoms with Crippen LogP contribution in [-0.2, 0) is 0 Å². The summed E-state index contributed by atoms with van der Waals surface area (Å²) in [4.78, 5) is 0. The lowest BCUT2D eigenvalue weighted by atomic mass is 10.3. The monoisotopic (exact) mass is 84.1 g/mol. The molecule has 3 radical (unpaired) electrons. The Morgan fingerprint density at radius 1 is 1.50 bits per heavy atom. The summed E-state index contributed by atoms with van der Waals surface area (Å²) in [6, 6.07) is 0. The van der Waals surface area contributed by atoms with Gasteiger partial charge in [0.05, 0.1) is 0 Å². The third-order valence-corrected chi connectivity index (χ3v) is 0.558. The molecule has 0 spiro atoms. The molecule has 0 saturated heterocycles. The zero-order chi connectivity index (χ0) is 4.12. The number of hydrogen-bond donors (Lipinski definition) is 1. The highest BCUT2D eigenvalue weighted by Crippen LogP contribution is 1.77. The molecule has 0 aliphatic rings. The summed E-state index contributed by atoms with van der Waals surface area (Å²) >= 11 is 0. The number of unbranched alkanes of at least 4 members (excludes halogenated alkanes) is 1. The van der Waals surface area contributed by atoms with Crippen LogP contribution in [-0.4, -0.2) is 15.0 Å². The topological polar surface area (TPSA) is 26.0 Å². The van der Waals surface area contributed by atoms with Gasteiger partial charge < -0.3 is 5.73 Å². The van der Waals surface area contributed by atoms with Crippen LogP contribution >= 0.6 is 0 Å². The Hall–Kier alpha value is 0.0249. The lowest BCUT2D eigenvalue weighted by molar-refractivity contribution is 0.807. The average molecular weight is 84.0 g/mol. The van der Waals surface area contributed by atoms with Crippen molar-refractivity contribution in [3.63, 3.8) is 0 Å². The molecule has 0 aliphatic heterocycles. The van der Waals surface area contributed by atoms with Crippen molar-refractivity contribution in [3.8, 4) is 0 Å². The summed E-state index contributed by atoms with van der Waals surface area (Å²) in [5.41, 5.74) is 5.14. The highest BCUT2D eigenvalue weighted by atomic mass is 14.5. The second-order valence-corrected chi connectivity index (χ2v) is 1.14. The molecule has 0 aromatic carbocycles. The highest BCUT2D eigenvalue weighted by molar-refractivity contribution is 5.75. The van der Waals surface area contributed by atoms with Crippen molar-refractivity contribution in [1.82, 2.24) is 0 Å². The van der Waals surface area contributed by atoms with Crippen molar-refractivity contribution < 1.29 is 0 Å². The summed E-state index contributed by atoms with van der Waals surface area (Å²) in [6.45, 7) is 2.98. The highest BCUT2D eigenvalue weighted by Gasteiger charge is 1.67. The van der Waals surface area contributed by atoms with E-state index < -0.39 is 0 Å². The molecule has 0 saturated carbocycles. The van der Waals surface area contributed by atoms with Crippen LogP contribution in [0.3, 0.4) is 0 Å². The zero-order valence-electron chi connectivity index (χ0n) is 4.28. The van der Waals surface area contributed by atoms with E-state index in [1.165, 1.54) is 12.8 Å². The van der Waals surface area contributed by atoms with Gasteiger partial charge in [0.2, 0.25) is 0 Å².